The van der Waals surface area contributed by atoms with Gasteiger partial charge in [0.25, 0.3) is 5.91 Å². The van der Waals surface area contributed by atoms with Gasteiger partial charge in [-0.1, -0.05) is 47.6 Å². The van der Waals surface area contributed by atoms with Gasteiger partial charge in [0, 0.05) is 11.3 Å². The van der Waals surface area contributed by atoms with E-state index in [1.165, 1.54) is 6.07 Å². The maximum atomic E-state index is 11.7. The number of nitrogen functional groups attached to an aromatic ring is 1. The summed E-state index contributed by atoms with van der Waals surface area (Å²) in [6.45, 7) is 12.0. The number of benzene rings is 1. The summed E-state index contributed by atoms with van der Waals surface area (Å²) >= 11 is 0. The molecule has 0 bridgehead atoms. The molecule has 1 aromatic carbocycles. The van der Waals surface area contributed by atoms with Gasteiger partial charge in [0.05, 0.1) is 6.42 Å². The maximum absolute atomic E-state index is 11.7. The Hall–Kier alpha value is -2.37. The fourth-order valence-electron chi connectivity index (χ4n) is 1.59. The lowest BCUT2D eigenvalue weighted by molar-refractivity contribution is -0.125. The van der Waals surface area contributed by atoms with E-state index in [-0.39, 0.29) is 12.3 Å². The van der Waals surface area contributed by atoms with Crippen LogP contribution in [-0.4, -0.2) is 23.8 Å². The lowest BCUT2D eigenvalue weighted by Crippen LogP contribution is -2.40. The minimum atomic E-state index is -0.795. The first-order valence-electron chi connectivity index (χ1n) is 8.06. The van der Waals surface area contributed by atoms with Crippen molar-refractivity contribution in [2.45, 2.75) is 54.0 Å². The number of hydrogen-bond donors (Lipinski definition) is 3. The molecule has 1 fully saturated rings. The Balaban J connectivity index is 0. The van der Waals surface area contributed by atoms with Crippen LogP contribution in [0, 0.1) is 0 Å². The van der Waals surface area contributed by atoms with Crippen molar-refractivity contribution in [1.82, 2.24) is 10.6 Å². The molecule has 6 nitrogen and oxygen atoms in total. The van der Waals surface area contributed by atoms with Crippen LogP contribution in [-0.2, 0) is 9.59 Å². The summed E-state index contributed by atoms with van der Waals surface area (Å²) in [6.07, 6.45) is -0.0209. The highest BCUT2D eigenvalue weighted by molar-refractivity contribution is 6.08. The van der Waals surface area contributed by atoms with E-state index in [0.717, 1.165) is 0 Å². The molecule has 1 saturated heterocycles. The Labute approximate surface area is 138 Å². The zero-order valence-corrected chi connectivity index (χ0v) is 14.9. The van der Waals surface area contributed by atoms with Crippen LogP contribution in [0.4, 0.5) is 5.69 Å². The molecule has 1 atom stereocenters. The summed E-state index contributed by atoms with van der Waals surface area (Å²) in [5.41, 5.74) is 6.36. The second-order valence-corrected chi connectivity index (χ2v) is 3.77. The van der Waals surface area contributed by atoms with Gasteiger partial charge in [0.1, 0.15) is 6.04 Å². The molecule has 130 valence electrons. The largest absolute Gasteiger partial charge is 0.399 e. The average Bonchev–Trinajstić information content (AvgIpc) is 2.90. The summed E-state index contributed by atoms with van der Waals surface area (Å²) in [5, 5.41) is 4.59. The molecule has 23 heavy (non-hydrogen) atoms. The maximum Gasteiger partial charge on any atom is 0.252 e. The van der Waals surface area contributed by atoms with Gasteiger partial charge in [-0.15, -0.1) is 0 Å². The van der Waals surface area contributed by atoms with Crippen molar-refractivity contribution in [3.8, 4) is 0 Å². The molecule has 1 aromatic rings. The number of rotatable bonds is 2. The molecule has 0 saturated carbocycles. The van der Waals surface area contributed by atoms with Gasteiger partial charge in [-0.05, 0) is 18.2 Å². The Bertz CT molecular complexity index is 502. The smallest absolute Gasteiger partial charge is 0.252 e. The Morgan fingerprint density at radius 2 is 1.70 bits per heavy atom. The Morgan fingerprint density at radius 3 is 2.13 bits per heavy atom. The first kappa shape index (κ1) is 22.9. The average molecular weight is 323 g/mol. The molecule has 0 aromatic heterocycles. The van der Waals surface area contributed by atoms with Crippen LogP contribution in [0.1, 0.15) is 58.3 Å². The molecule has 0 spiro atoms. The molecule has 0 aliphatic carbocycles. The van der Waals surface area contributed by atoms with E-state index >= 15 is 0 Å². The second-order valence-electron chi connectivity index (χ2n) is 3.77. The Kier molecular flexibility index (Phi) is 13.2. The molecule has 0 radical (unpaired) electrons. The number of nitrogens with two attached hydrogens (primary N) is 1. The fraction of sp³-hybridized carbons (Fsp3) is 0.471. The first-order valence-corrected chi connectivity index (χ1v) is 8.06. The monoisotopic (exact) mass is 323 g/mol. The summed E-state index contributed by atoms with van der Waals surface area (Å²) in [5.74, 6) is -1.28. The number of carbonyl (C=O) groups is 3. The normalized spacial score (nSPS) is 14.8. The van der Waals surface area contributed by atoms with Gasteiger partial charge < -0.3 is 11.1 Å². The number of carbonyl (C=O) groups excluding carboxylic acids is 3. The van der Waals surface area contributed by atoms with E-state index in [9.17, 15) is 14.4 Å². The first-order chi connectivity index (χ1) is 11.1. The third kappa shape index (κ3) is 7.99. The second kappa shape index (κ2) is 13.3. The fourth-order valence-corrected chi connectivity index (χ4v) is 1.59. The van der Waals surface area contributed by atoms with Crippen molar-refractivity contribution >= 4 is 23.4 Å². The van der Waals surface area contributed by atoms with Gasteiger partial charge in [0.15, 0.2) is 0 Å². The third-order valence-corrected chi connectivity index (χ3v) is 2.42. The van der Waals surface area contributed by atoms with E-state index in [4.69, 9.17) is 5.73 Å². The van der Waals surface area contributed by atoms with Crippen molar-refractivity contribution < 1.29 is 14.4 Å². The van der Waals surface area contributed by atoms with Gasteiger partial charge in [-0.2, -0.15) is 0 Å². The number of anilines is 1. The van der Waals surface area contributed by atoms with E-state index in [1.807, 2.05) is 41.5 Å². The van der Waals surface area contributed by atoms with Crippen LogP contribution >= 0.6 is 0 Å². The molecule has 2 rings (SSSR count). The highest BCUT2D eigenvalue weighted by Gasteiger charge is 2.31. The molecule has 1 unspecified atom stereocenters. The van der Waals surface area contributed by atoms with Gasteiger partial charge >= 0.3 is 0 Å². The van der Waals surface area contributed by atoms with Crippen LogP contribution in [0.3, 0.4) is 0 Å². The van der Waals surface area contributed by atoms with E-state index in [0.29, 0.717) is 11.3 Å². The summed E-state index contributed by atoms with van der Waals surface area (Å²) in [6, 6.07) is 5.59. The summed E-state index contributed by atoms with van der Waals surface area (Å²) in [4.78, 5) is 33.9. The van der Waals surface area contributed by atoms with Crippen LogP contribution in [0.5, 0.6) is 0 Å². The van der Waals surface area contributed by atoms with E-state index < -0.39 is 17.9 Å². The summed E-state index contributed by atoms with van der Waals surface area (Å²) in [7, 11) is 0. The molecule has 1 aliphatic heterocycles. The van der Waals surface area contributed by atoms with Crippen LogP contribution < -0.4 is 16.4 Å². The molecule has 6 heteroatoms. The van der Waals surface area contributed by atoms with E-state index in [2.05, 4.69) is 10.6 Å². The lowest BCUT2D eigenvalue weighted by Gasteiger charge is -2.09. The van der Waals surface area contributed by atoms with Crippen molar-refractivity contribution in [1.29, 1.82) is 0 Å². The molecule has 3 amide bonds. The molecular formula is C17H29N3O3. The zero-order valence-electron chi connectivity index (χ0n) is 14.9. The summed E-state index contributed by atoms with van der Waals surface area (Å²) < 4.78 is 0. The van der Waals surface area contributed by atoms with E-state index in [1.54, 1.807) is 18.2 Å². The topological polar surface area (TPSA) is 101 Å². The standard InChI is InChI=1S/C11H11N3O3.3C2H6/c12-7-3-1-2-6(4-7)10(16)13-8-5-9(15)14-11(8)17;3*1-2/h1-4,8H,5,12H2,(H,13,16)(H,14,15,17);3*1-2H3. The minimum Gasteiger partial charge on any atom is -0.399 e. The molecular weight excluding hydrogens is 294 g/mol. The van der Waals surface area contributed by atoms with Crippen molar-refractivity contribution in [3.05, 3.63) is 29.8 Å². The van der Waals surface area contributed by atoms with Crippen molar-refractivity contribution in [2.24, 2.45) is 0 Å². The van der Waals surface area contributed by atoms with Gasteiger partial charge in [-0.3, -0.25) is 19.7 Å². The van der Waals surface area contributed by atoms with Crippen molar-refractivity contribution in [3.63, 3.8) is 0 Å². The van der Waals surface area contributed by atoms with Crippen molar-refractivity contribution in [2.75, 3.05) is 5.73 Å². The highest BCUT2D eigenvalue weighted by Crippen LogP contribution is 2.08. The van der Waals surface area contributed by atoms with Crippen LogP contribution in [0.15, 0.2) is 24.3 Å². The number of hydrogen-bond acceptors (Lipinski definition) is 4. The van der Waals surface area contributed by atoms with Crippen LogP contribution in [0.25, 0.3) is 0 Å². The highest BCUT2D eigenvalue weighted by atomic mass is 16.2. The zero-order chi connectivity index (χ0) is 18.4. The third-order valence-electron chi connectivity index (χ3n) is 2.42. The molecule has 1 heterocycles. The number of amides is 3. The number of nitrogens with one attached hydrogen (secondary N) is 2. The number of imide groups is 1. The molecule has 1 aliphatic rings. The minimum absolute atomic E-state index is 0.0209. The SMILES string of the molecule is CC.CC.CC.Nc1cccc(C(=O)NC2CC(=O)NC2=O)c1. The molecule has 4 N–H and O–H groups in total. The van der Waals surface area contributed by atoms with Gasteiger partial charge in [0.2, 0.25) is 11.8 Å². The lowest BCUT2D eigenvalue weighted by atomic mass is 10.1. The predicted molar refractivity (Wildman–Crippen MR) is 93.9 cm³/mol. The van der Waals surface area contributed by atoms with Crippen LogP contribution in [0.2, 0.25) is 0 Å². The quantitative estimate of drug-likeness (QED) is 0.575. The predicted octanol–water partition coefficient (Wildman–Crippen LogP) is 2.49. The Morgan fingerprint density at radius 1 is 1.13 bits per heavy atom. The van der Waals surface area contributed by atoms with Gasteiger partial charge in [-0.25, -0.2) is 0 Å².